The lowest BCUT2D eigenvalue weighted by Gasteiger charge is -2.09. The van der Waals surface area contributed by atoms with Crippen molar-refractivity contribution in [3.63, 3.8) is 0 Å². The third kappa shape index (κ3) is 3.13. The second-order valence-corrected chi connectivity index (χ2v) is 4.20. The predicted molar refractivity (Wildman–Crippen MR) is 62.1 cm³/mol. The topological polar surface area (TPSA) is 91.4 Å². The summed E-state index contributed by atoms with van der Waals surface area (Å²) in [4.78, 5) is 31.8. The number of hydrogen-bond donors (Lipinski definition) is 0. The minimum Gasteiger partial charge on any atom is -0.468 e. The molecule has 0 aromatic carbocycles. The molecule has 1 rings (SSSR count). The number of halogens is 1. The summed E-state index contributed by atoms with van der Waals surface area (Å²) in [5.41, 5.74) is -1.29. The number of methoxy groups -OCH3 is 1. The summed E-state index contributed by atoms with van der Waals surface area (Å²) in [6.45, 7) is -0.0345. The van der Waals surface area contributed by atoms with Crippen molar-refractivity contribution < 1.29 is 14.5 Å². The van der Waals surface area contributed by atoms with Crippen molar-refractivity contribution in [1.29, 1.82) is 0 Å². The molecule has 0 aliphatic heterocycles. The zero-order valence-corrected chi connectivity index (χ0v) is 10.4. The first-order valence-corrected chi connectivity index (χ1v) is 5.44. The maximum absolute atomic E-state index is 11.6. The Morgan fingerprint density at radius 3 is 2.88 bits per heavy atom. The van der Waals surface area contributed by atoms with Gasteiger partial charge in [-0.25, -0.2) is 0 Å². The summed E-state index contributed by atoms with van der Waals surface area (Å²) >= 11 is 3.03. The van der Waals surface area contributed by atoms with Crippen LogP contribution in [0.5, 0.6) is 0 Å². The van der Waals surface area contributed by atoms with Crippen molar-refractivity contribution in [2.24, 2.45) is 0 Å². The van der Waals surface area contributed by atoms with Gasteiger partial charge in [0.1, 0.15) is 4.83 Å². The van der Waals surface area contributed by atoms with E-state index in [-0.39, 0.29) is 6.54 Å². The molecule has 8 heteroatoms. The van der Waals surface area contributed by atoms with Gasteiger partial charge in [-0.05, 0) is 6.07 Å². The SMILES string of the molecule is COC(=O)C(Br)Cn1cccc([N+](=O)[O-])c1=O. The molecule has 0 saturated carbocycles. The van der Waals surface area contributed by atoms with Crippen LogP contribution in [0.2, 0.25) is 0 Å². The summed E-state index contributed by atoms with van der Waals surface area (Å²) < 4.78 is 5.54. The minimum atomic E-state index is -0.764. The van der Waals surface area contributed by atoms with Gasteiger partial charge in [-0.1, -0.05) is 15.9 Å². The van der Waals surface area contributed by atoms with Crippen LogP contribution in [-0.4, -0.2) is 27.4 Å². The average Bonchev–Trinajstić information content (AvgIpc) is 2.30. The number of nitrogens with zero attached hydrogens (tertiary/aromatic N) is 2. The van der Waals surface area contributed by atoms with Gasteiger partial charge in [0.05, 0.1) is 12.0 Å². The molecule has 1 unspecified atom stereocenters. The highest BCUT2D eigenvalue weighted by molar-refractivity contribution is 9.10. The van der Waals surface area contributed by atoms with Crippen molar-refractivity contribution in [1.82, 2.24) is 4.57 Å². The molecule has 17 heavy (non-hydrogen) atoms. The Morgan fingerprint density at radius 2 is 2.35 bits per heavy atom. The highest BCUT2D eigenvalue weighted by Gasteiger charge is 2.19. The molecule has 0 N–H and O–H groups in total. The number of hydrogen-bond acceptors (Lipinski definition) is 5. The summed E-state index contributed by atoms with van der Waals surface area (Å²) in [6, 6.07) is 2.48. The maximum atomic E-state index is 11.6. The standard InChI is InChI=1S/C9H9BrN2O5/c1-17-9(14)6(10)5-11-4-2-3-7(8(11)13)12(15)16/h2-4,6H,5H2,1H3. The first-order valence-electron chi connectivity index (χ1n) is 4.53. The Bertz CT molecular complexity index is 498. The molecule has 0 radical (unpaired) electrons. The van der Waals surface area contributed by atoms with Gasteiger partial charge in [-0.2, -0.15) is 0 Å². The first-order chi connectivity index (χ1) is 7.97. The van der Waals surface area contributed by atoms with Gasteiger partial charge in [-0.3, -0.25) is 19.7 Å². The first kappa shape index (κ1) is 13.4. The van der Waals surface area contributed by atoms with E-state index in [0.29, 0.717) is 0 Å². The fourth-order valence-electron chi connectivity index (χ4n) is 1.18. The lowest BCUT2D eigenvalue weighted by molar-refractivity contribution is -0.386. The van der Waals surface area contributed by atoms with E-state index in [1.54, 1.807) is 0 Å². The van der Waals surface area contributed by atoms with Crippen molar-refractivity contribution in [2.45, 2.75) is 11.4 Å². The van der Waals surface area contributed by atoms with Gasteiger partial charge < -0.3 is 9.30 Å². The summed E-state index contributed by atoms with van der Waals surface area (Å²) in [7, 11) is 1.22. The van der Waals surface area contributed by atoms with Gasteiger partial charge in [0.2, 0.25) is 0 Å². The number of pyridine rings is 1. The molecule has 1 aromatic rings. The molecule has 0 saturated heterocycles. The Balaban J connectivity index is 3.01. The predicted octanol–water partition coefficient (Wildman–Crippen LogP) is 0.693. The van der Waals surface area contributed by atoms with Crippen LogP contribution in [0.3, 0.4) is 0 Å². The van der Waals surface area contributed by atoms with Gasteiger partial charge in [-0.15, -0.1) is 0 Å². The molecular weight excluding hydrogens is 296 g/mol. The van der Waals surface area contributed by atoms with Crippen LogP contribution in [0, 0.1) is 10.1 Å². The fraction of sp³-hybridized carbons (Fsp3) is 0.333. The molecule has 1 atom stereocenters. The number of rotatable bonds is 4. The highest BCUT2D eigenvalue weighted by Crippen LogP contribution is 2.07. The lowest BCUT2D eigenvalue weighted by Crippen LogP contribution is -2.29. The number of carbonyl (C=O) groups excluding carboxylic acids is 1. The molecule has 92 valence electrons. The highest BCUT2D eigenvalue weighted by atomic mass is 79.9. The molecule has 0 spiro atoms. The Hall–Kier alpha value is -1.70. The van der Waals surface area contributed by atoms with Crippen molar-refractivity contribution >= 4 is 27.6 Å². The maximum Gasteiger partial charge on any atom is 0.334 e. The van der Waals surface area contributed by atoms with E-state index in [0.717, 1.165) is 10.6 Å². The number of carbonyl (C=O) groups is 1. The molecule has 1 aromatic heterocycles. The zero-order chi connectivity index (χ0) is 13.0. The number of aromatic nitrogens is 1. The van der Waals surface area contributed by atoms with Gasteiger partial charge >= 0.3 is 17.2 Å². The molecule has 0 amide bonds. The second kappa shape index (κ2) is 5.58. The number of nitro groups is 1. The van der Waals surface area contributed by atoms with Crippen molar-refractivity contribution in [2.75, 3.05) is 7.11 Å². The second-order valence-electron chi connectivity index (χ2n) is 3.10. The van der Waals surface area contributed by atoms with Crippen LogP contribution in [0.25, 0.3) is 0 Å². The van der Waals surface area contributed by atoms with E-state index in [9.17, 15) is 19.7 Å². The fourth-order valence-corrected chi connectivity index (χ4v) is 1.68. The van der Waals surface area contributed by atoms with E-state index >= 15 is 0 Å². The van der Waals surface area contributed by atoms with E-state index in [2.05, 4.69) is 20.7 Å². The van der Waals surface area contributed by atoms with Crippen LogP contribution in [0.1, 0.15) is 0 Å². The van der Waals surface area contributed by atoms with E-state index in [1.807, 2.05) is 0 Å². The van der Waals surface area contributed by atoms with Crippen LogP contribution in [-0.2, 0) is 16.1 Å². The van der Waals surface area contributed by atoms with Gasteiger partial charge in [0.25, 0.3) is 0 Å². The number of alkyl halides is 1. The van der Waals surface area contributed by atoms with Gasteiger partial charge in [0, 0.05) is 18.8 Å². The van der Waals surface area contributed by atoms with E-state index in [4.69, 9.17) is 0 Å². The quantitative estimate of drug-likeness (QED) is 0.353. The van der Waals surface area contributed by atoms with Crippen LogP contribution >= 0.6 is 15.9 Å². The van der Waals surface area contributed by atoms with Crippen molar-refractivity contribution in [3.8, 4) is 0 Å². The third-order valence-corrected chi connectivity index (χ3v) is 2.67. The molecule has 0 aliphatic rings. The molecule has 0 bridgehead atoms. The summed E-state index contributed by atoms with van der Waals surface area (Å²) in [5, 5.41) is 10.5. The van der Waals surface area contributed by atoms with Crippen molar-refractivity contribution in [3.05, 3.63) is 38.8 Å². The Labute approximate surface area is 104 Å². The normalized spacial score (nSPS) is 11.9. The molecule has 1 heterocycles. The lowest BCUT2D eigenvalue weighted by atomic mass is 10.3. The average molecular weight is 305 g/mol. The minimum absolute atomic E-state index is 0.0345. The largest absolute Gasteiger partial charge is 0.468 e. The molecule has 7 nitrogen and oxygen atoms in total. The monoisotopic (exact) mass is 304 g/mol. The molecule has 0 fully saturated rings. The van der Waals surface area contributed by atoms with Gasteiger partial charge in [0.15, 0.2) is 0 Å². The molecular formula is C9H9BrN2O5. The molecule has 0 aliphatic carbocycles. The van der Waals surface area contributed by atoms with Crippen LogP contribution in [0.15, 0.2) is 23.1 Å². The summed E-state index contributed by atoms with van der Waals surface area (Å²) in [5.74, 6) is -0.552. The summed E-state index contributed by atoms with van der Waals surface area (Å²) in [6.07, 6.45) is 1.37. The Morgan fingerprint density at radius 1 is 1.71 bits per heavy atom. The van der Waals surface area contributed by atoms with E-state index < -0.39 is 27.0 Å². The van der Waals surface area contributed by atoms with Crippen LogP contribution in [0.4, 0.5) is 5.69 Å². The smallest absolute Gasteiger partial charge is 0.334 e. The van der Waals surface area contributed by atoms with Crippen LogP contribution < -0.4 is 5.56 Å². The number of ether oxygens (including phenoxy) is 1. The Kier molecular flexibility index (Phi) is 4.38. The zero-order valence-electron chi connectivity index (χ0n) is 8.83. The number of esters is 1. The third-order valence-electron chi connectivity index (χ3n) is 2.01. The van der Waals surface area contributed by atoms with E-state index in [1.165, 1.54) is 19.4 Å².